The van der Waals surface area contributed by atoms with E-state index in [-0.39, 0.29) is 12.3 Å². The molecule has 0 spiro atoms. The molecule has 0 aliphatic heterocycles. The minimum absolute atomic E-state index is 0.0926. The Bertz CT molecular complexity index is 90.3. The summed E-state index contributed by atoms with van der Waals surface area (Å²) in [6, 6.07) is 0.0926. The van der Waals surface area contributed by atoms with Gasteiger partial charge in [0.15, 0.2) is 6.29 Å². The molecule has 0 aromatic heterocycles. The molecule has 1 unspecified atom stereocenters. The van der Waals surface area contributed by atoms with E-state index in [1.165, 1.54) is 0 Å². The number of methoxy groups -OCH3 is 3. The van der Waals surface area contributed by atoms with Gasteiger partial charge in [0.1, 0.15) is 0 Å². The summed E-state index contributed by atoms with van der Waals surface area (Å²) in [7, 11) is 4.90. The van der Waals surface area contributed by atoms with E-state index in [2.05, 4.69) is 5.32 Å². The third kappa shape index (κ3) is 4.01. The lowest BCUT2D eigenvalue weighted by Gasteiger charge is -2.24. The molecule has 0 aromatic carbocycles. The van der Waals surface area contributed by atoms with Gasteiger partial charge in [0.25, 0.3) is 0 Å². The lowest BCUT2D eigenvalue weighted by atomic mass is 10.3. The molecule has 0 radical (unpaired) electrons. The van der Waals surface area contributed by atoms with Gasteiger partial charge in [-0.1, -0.05) is 6.92 Å². The first-order valence-corrected chi connectivity index (χ1v) is 4.08. The Morgan fingerprint density at radius 1 is 1.17 bits per heavy atom. The van der Waals surface area contributed by atoms with Crippen molar-refractivity contribution in [3.8, 4) is 0 Å². The quantitative estimate of drug-likeness (QED) is 0.565. The molecule has 0 saturated heterocycles. The SMILES string of the molecule is CCNC(COC)C(OC)OC. The molecule has 0 fully saturated rings. The first-order chi connectivity index (χ1) is 5.79. The van der Waals surface area contributed by atoms with Gasteiger partial charge in [-0.3, -0.25) is 0 Å². The van der Waals surface area contributed by atoms with Crippen molar-refractivity contribution in [3.05, 3.63) is 0 Å². The van der Waals surface area contributed by atoms with Crippen LogP contribution in [0.3, 0.4) is 0 Å². The van der Waals surface area contributed by atoms with Crippen LogP contribution in [0.4, 0.5) is 0 Å². The van der Waals surface area contributed by atoms with Crippen LogP contribution in [-0.4, -0.2) is 46.8 Å². The fraction of sp³-hybridized carbons (Fsp3) is 1.00. The minimum Gasteiger partial charge on any atom is -0.383 e. The standard InChI is InChI=1S/C8H19NO3/c1-5-9-7(6-10-2)8(11-3)12-4/h7-9H,5-6H2,1-4H3. The Hall–Kier alpha value is -0.160. The lowest BCUT2D eigenvalue weighted by Crippen LogP contribution is -2.45. The highest BCUT2D eigenvalue weighted by molar-refractivity contribution is 4.68. The molecule has 1 N–H and O–H groups in total. The maximum absolute atomic E-state index is 5.10. The van der Waals surface area contributed by atoms with Crippen molar-refractivity contribution in [2.75, 3.05) is 34.5 Å². The fourth-order valence-corrected chi connectivity index (χ4v) is 1.10. The molecule has 0 amide bonds. The van der Waals surface area contributed by atoms with Crippen LogP contribution in [0.1, 0.15) is 6.92 Å². The molecule has 0 heterocycles. The Balaban J connectivity index is 3.86. The predicted octanol–water partition coefficient (Wildman–Crippen LogP) is 0.230. The summed E-state index contributed by atoms with van der Waals surface area (Å²) in [5, 5.41) is 3.21. The molecular weight excluding hydrogens is 158 g/mol. The van der Waals surface area contributed by atoms with Crippen molar-refractivity contribution < 1.29 is 14.2 Å². The van der Waals surface area contributed by atoms with Gasteiger partial charge in [-0.15, -0.1) is 0 Å². The summed E-state index contributed by atoms with van der Waals surface area (Å²) in [5.41, 5.74) is 0. The minimum atomic E-state index is -0.245. The average Bonchev–Trinajstić information content (AvgIpc) is 2.07. The van der Waals surface area contributed by atoms with Crippen molar-refractivity contribution >= 4 is 0 Å². The van der Waals surface area contributed by atoms with Crippen LogP contribution in [0.25, 0.3) is 0 Å². The molecule has 0 rings (SSSR count). The Morgan fingerprint density at radius 3 is 2.08 bits per heavy atom. The van der Waals surface area contributed by atoms with Gasteiger partial charge in [-0.2, -0.15) is 0 Å². The zero-order valence-corrected chi connectivity index (χ0v) is 8.29. The van der Waals surface area contributed by atoms with Crippen molar-refractivity contribution in [1.82, 2.24) is 5.32 Å². The predicted molar refractivity (Wildman–Crippen MR) is 47.1 cm³/mol. The third-order valence-electron chi connectivity index (χ3n) is 1.61. The summed E-state index contributed by atoms with van der Waals surface area (Å²) < 4.78 is 15.2. The van der Waals surface area contributed by atoms with Crippen molar-refractivity contribution in [2.24, 2.45) is 0 Å². The van der Waals surface area contributed by atoms with E-state index < -0.39 is 0 Å². The second kappa shape index (κ2) is 7.49. The van der Waals surface area contributed by atoms with Gasteiger partial charge in [0.2, 0.25) is 0 Å². The molecule has 0 aromatic rings. The number of rotatable bonds is 7. The summed E-state index contributed by atoms with van der Waals surface area (Å²) in [6.07, 6.45) is -0.245. The molecule has 74 valence electrons. The van der Waals surface area contributed by atoms with E-state index >= 15 is 0 Å². The zero-order chi connectivity index (χ0) is 9.40. The third-order valence-corrected chi connectivity index (χ3v) is 1.61. The Kier molecular flexibility index (Phi) is 7.39. The number of ether oxygens (including phenoxy) is 3. The van der Waals surface area contributed by atoms with Crippen LogP contribution in [0.2, 0.25) is 0 Å². The highest BCUT2D eigenvalue weighted by atomic mass is 16.7. The molecule has 4 heteroatoms. The number of hydrogen-bond acceptors (Lipinski definition) is 4. The number of nitrogens with one attached hydrogen (secondary N) is 1. The van der Waals surface area contributed by atoms with E-state index in [1.807, 2.05) is 6.92 Å². The lowest BCUT2D eigenvalue weighted by molar-refractivity contribution is -0.131. The topological polar surface area (TPSA) is 39.7 Å². The Labute approximate surface area is 74.2 Å². The van der Waals surface area contributed by atoms with Crippen LogP contribution in [0.5, 0.6) is 0 Å². The molecule has 0 aliphatic carbocycles. The number of likely N-dealkylation sites (N-methyl/N-ethyl adjacent to an activating group) is 1. The van der Waals surface area contributed by atoms with Gasteiger partial charge < -0.3 is 19.5 Å². The van der Waals surface area contributed by atoms with E-state index in [9.17, 15) is 0 Å². The van der Waals surface area contributed by atoms with Crippen molar-refractivity contribution in [2.45, 2.75) is 19.3 Å². The molecule has 0 bridgehead atoms. The van der Waals surface area contributed by atoms with Crippen LogP contribution in [0, 0.1) is 0 Å². The van der Waals surface area contributed by atoms with Gasteiger partial charge in [0, 0.05) is 21.3 Å². The van der Waals surface area contributed by atoms with Gasteiger partial charge in [0.05, 0.1) is 12.6 Å². The first kappa shape index (κ1) is 11.8. The largest absolute Gasteiger partial charge is 0.383 e. The molecule has 0 saturated carbocycles. The van der Waals surface area contributed by atoms with E-state index in [0.717, 1.165) is 6.54 Å². The van der Waals surface area contributed by atoms with Crippen LogP contribution < -0.4 is 5.32 Å². The highest BCUT2D eigenvalue weighted by Gasteiger charge is 2.18. The van der Waals surface area contributed by atoms with Gasteiger partial charge >= 0.3 is 0 Å². The van der Waals surface area contributed by atoms with Crippen LogP contribution in [-0.2, 0) is 14.2 Å². The summed E-state index contributed by atoms with van der Waals surface area (Å²) in [4.78, 5) is 0. The van der Waals surface area contributed by atoms with E-state index in [4.69, 9.17) is 14.2 Å². The smallest absolute Gasteiger partial charge is 0.174 e. The first-order valence-electron chi connectivity index (χ1n) is 4.08. The van der Waals surface area contributed by atoms with E-state index in [1.54, 1.807) is 21.3 Å². The molecule has 4 nitrogen and oxygen atoms in total. The van der Waals surface area contributed by atoms with Crippen molar-refractivity contribution in [1.29, 1.82) is 0 Å². The average molecular weight is 177 g/mol. The molecular formula is C8H19NO3. The highest BCUT2D eigenvalue weighted by Crippen LogP contribution is 1.99. The fourth-order valence-electron chi connectivity index (χ4n) is 1.10. The summed E-state index contributed by atoms with van der Waals surface area (Å²) >= 11 is 0. The second-order valence-electron chi connectivity index (χ2n) is 2.46. The Morgan fingerprint density at radius 2 is 1.75 bits per heavy atom. The monoisotopic (exact) mass is 177 g/mol. The molecule has 0 aliphatic rings. The summed E-state index contributed by atoms with van der Waals surface area (Å²) in [5.74, 6) is 0. The van der Waals surface area contributed by atoms with Crippen molar-refractivity contribution in [3.63, 3.8) is 0 Å². The van der Waals surface area contributed by atoms with Gasteiger partial charge in [-0.25, -0.2) is 0 Å². The molecule has 12 heavy (non-hydrogen) atoms. The normalized spacial score (nSPS) is 13.8. The molecule has 1 atom stereocenters. The maximum atomic E-state index is 5.10. The summed E-state index contributed by atoms with van der Waals surface area (Å²) in [6.45, 7) is 3.49. The zero-order valence-electron chi connectivity index (χ0n) is 8.29. The maximum Gasteiger partial charge on any atom is 0.174 e. The second-order valence-corrected chi connectivity index (χ2v) is 2.46. The van der Waals surface area contributed by atoms with E-state index in [0.29, 0.717) is 6.61 Å². The number of hydrogen-bond donors (Lipinski definition) is 1. The van der Waals surface area contributed by atoms with Crippen LogP contribution in [0.15, 0.2) is 0 Å². The van der Waals surface area contributed by atoms with Crippen LogP contribution >= 0.6 is 0 Å². The van der Waals surface area contributed by atoms with Gasteiger partial charge in [-0.05, 0) is 6.54 Å².